The van der Waals surface area contributed by atoms with Gasteiger partial charge < -0.3 is 20.5 Å². The number of nitrogens with zero attached hydrogens (tertiary/aromatic N) is 2. The summed E-state index contributed by atoms with van der Waals surface area (Å²) in [4.78, 5) is 30.9. The van der Waals surface area contributed by atoms with Crippen LogP contribution in [0, 0.1) is 0 Å². The molecule has 0 unspecified atom stereocenters. The highest BCUT2D eigenvalue weighted by atomic mass is 16.6. The fourth-order valence-corrected chi connectivity index (χ4v) is 2.12. The quantitative estimate of drug-likeness (QED) is 0.521. The Morgan fingerprint density at radius 3 is 1.69 bits per heavy atom. The first-order valence-corrected chi connectivity index (χ1v) is 10.2. The van der Waals surface area contributed by atoms with Crippen LogP contribution in [0.1, 0.15) is 48.5 Å². The van der Waals surface area contributed by atoms with Crippen LogP contribution in [0.5, 0.6) is 0 Å². The summed E-state index contributed by atoms with van der Waals surface area (Å²) < 4.78 is 10.2. The topological polar surface area (TPSA) is 140 Å². The molecule has 0 aromatic carbocycles. The lowest BCUT2D eigenvalue weighted by molar-refractivity contribution is 0.0624. The molecule has 0 saturated heterocycles. The van der Waals surface area contributed by atoms with Gasteiger partial charge >= 0.3 is 12.2 Å². The van der Waals surface area contributed by atoms with Crippen LogP contribution in [0.4, 0.5) is 32.9 Å². The molecule has 176 valence electrons. The summed E-state index contributed by atoms with van der Waals surface area (Å²) in [6.45, 7) is 13.6. The SMILES string of the molecule is CC(C)(C)OC(=O)Nc1cccc(N)n1.CCNc1cccc(NC(=O)OC(C)(C)C)n1. The number of carbonyl (C=O) groups excluding carboxylic acids is 2. The van der Waals surface area contributed by atoms with Crippen molar-refractivity contribution in [2.24, 2.45) is 0 Å². The number of pyridine rings is 2. The van der Waals surface area contributed by atoms with E-state index >= 15 is 0 Å². The van der Waals surface area contributed by atoms with E-state index in [2.05, 4.69) is 25.9 Å². The molecule has 0 bridgehead atoms. The Labute approximate surface area is 189 Å². The number of nitrogen functional groups attached to an aromatic ring is 1. The zero-order valence-corrected chi connectivity index (χ0v) is 19.8. The van der Waals surface area contributed by atoms with E-state index in [0.717, 1.165) is 12.4 Å². The largest absolute Gasteiger partial charge is 0.444 e. The zero-order chi connectivity index (χ0) is 24.4. The number of hydrogen-bond acceptors (Lipinski definition) is 8. The number of ether oxygens (including phenoxy) is 2. The van der Waals surface area contributed by atoms with Crippen LogP contribution in [0.15, 0.2) is 36.4 Å². The van der Waals surface area contributed by atoms with Gasteiger partial charge in [0.25, 0.3) is 0 Å². The van der Waals surface area contributed by atoms with Crippen LogP contribution in [0.3, 0.4) is 0 Å². The fourth-order valence-electron chi connectivity index (χ4n) is 2.12. The standard InChI is InChI=1S/C12H19N3O2.C10H15N3O2/c1-5-13-9-7-6-8-10(14-9)15-11(16)17-12(2,3)4;1-10(2,3)15-9(14)13-8-6-4-5-7(11)12-8/h6-8H,5H2,1-4H3,(H2,13,14,15,16);4-6H,1-3H3,(H3,11,12,13,14). The average molecular weight is 447 g/mol. The molecule has 2 aromatic rings. The molecule has 2 aromatic heterocycles. The van der Waals surface area contributed by atoms with Gasteiger partial charge in [-0.3, -0.25) is 10.6 Å². The van der Waals surface area contributed by atoms with Crippen molar-refractivity contribution in [1.29, 1.82) is 0 Å². The number of nitrogens with one attached hydrogen (secondary N) is 3. The Hall–Kier alpha value is -3.56. The molecule has 32 heavy (non-hydrogen) atoms. The maximum Gasteiger partial charge on any atom is 0.413 e. The van der Waals surface area contributed by atoms with Gasteiger partial charge in [0.2, 0.25) is 0 Å². The number of carbonyl (C=O) groups is 2. The lowest BCUT2D eigenvalue weighted by Crippen LogP contribution is -2.27. The average Bonchev–Trinajstić information content (AvgIpc) is 2.59. The zero-order valence-electron chi connectivity index (χ0n) is 19.8. The Morgan fingerprint density at radius 2 is 1.25 bits per heavy atom. The molecule has 0 aliphatic carbocycles. The third-order valence-corrected chi connectivity index (χ3v) is 3.14. The summed E-state index contributed by atoms with van der Waals surface area (Å²) >= 11 is 0. The molecule has 2 rings (SSSR count). The van der Waals surface area contributed by atoms with Gasteiger partial charge in [-0.2, -0.15) is 0 Å². The maximum atomic E-state index is 11.5. The molecule has 0 aliphatic heterocycles. The van der Waals surface area contributed by atoms with E-state index in [1.165, 1.54) is 0 Å². The molecule has 10 nitrogen and oxygen atoms in total. The Balaban J connectivity index is 0.000000323. The molecule has 2 amide bonds. The van der Waals surface area contributed by atoms with Gasteiger partial charge in [0.15, 0.2) is 0 Å². The minimum Gasteiger partial charge on any atom is -0.444 e. The first-order valence-electron chi connectivity index (χ1n) is 10.2. The second kappa shape index (κ2) is 11.7. The van der Waals surface area contributed by atoms with E-state index in [0.29, 0.717) is 17.5 Å². The van der Waals surface area contributed by atoms with Crippen LogP contribution in [-0.2, 0) is 9.47 Å². The molecule has 2 heterocycles. The minimum absolute atomic E-state index is 0.351. The van der Waals surface area contributed by atoms with Gasteiger partial charge in [-0.25, -0.2) is 19.6 Å². The highest BCUT2D eigenvalue weighted by molar-refractivity contribution is 5.84. The van der Waals surface area contributed by atoms with Crippen LogP contribution in [0.2, 0.25) is 0 Å². The summed E-state index contributed by atoms with van der Waals surface area (Å²) in [5, 5.41) is 8.14. The predicted octanol–water partition coefficient (Wildman–Crippen LogP) is 4.87. The van der Waals surface area contributed by atoms with E-state index in [9.17, 15) is 9.59 Å². The third-order valence-electron chi connectivity index (χ3n) is 3.14. The van der Waals surface area contributed by atoms with E-state index in [1.54, 1.807) is 45.0 Å². The number of amides is 2. The summed E-state index contributed by atoms with van der Waals surface area (Å²) in [5.74, 6) is 1.92. The van der Waals surface area contributed by atoms with E-state index in [4.69, 9.17) is 15.2 Å². The lowest BCUT2D eigenvalue weighted by atomic mass is 10.2. The molecule has 0 saturated carbocycles. The minimum atomic E-state index is -0.541. The summed E-state index contributed by atoms with van der Waals surface area (Å²) in [7, 11) is 0. The second-order valence-electron chi connectivity index (χ2n) is 8.64. The first-order chi connectivity index (χ1) is 14.8. The molecule has 0 aliphatic rings. The Kier molecular flexibility index (Phi) is 9.70. The molecule has 0 radical (unpaired) electrons. The Morgan fingerprint density at radius 1 is 0.812 bits per heavy atom. The van der Waals surface area contributed by atoms with Crippen LogP contribution < -0.4 is 21.7 Å². The number of aromatic nitrogens is 2. The van der Waals surface area contributed by atoms with Crippen molar-refractivity contribution in [3.8, 4) is 0 Å². The monoisotopic (exact) mass is 446 g/mol. The number of anilines is 4. The van der Waals surface area contributed by atoms with Gasteiger partial charge in [-0.1, -0.05) is 12.1 Å². The molecule has 0 atom stereocenters. The predicted molar refractivity (Wildman–Crippen MR) is 127 cm³/mol. The van der Waals surface area contributed by atoms with Crippen molar-refractivity contribution in [2.45, 2.75) is 59.7 Å². The molecule has 5 N–H and O–H groups in total. The highest BCUT2D eigenvalue weighted by Crippen LogP contribution is 2.13. The van der Waals surface area contributed by atoms with Gasteiger partial charge in [0.1, 0.15) is 34.5 Å². The molecular weight excluding hydrogens is 412 g/mol. The van der Waals surface area contributed by atoms with Gasteiger partial charge in [-0.05, 0) is 72.7 Å². The van der Waals surface area contributed by atoms with Crippen molar-refractivity contribution >= 4 is 35.5 Å². The molecule has 10 heteroatoms. The van der Waals surface area contributed by atoms with E-state index in [-0.39, 0.29) is 0 Å². The summed E-state index contributed by atoms with van der Waals surface area (Å²) in [6.07, 6.45) is -1.04. The second-order valence-corrected chi connectivity index (χ2v) is 8.64. The van der Waals surface area contributed by atoms with Crippen LogP contribution in [0.25, 0.3) is 0 Å². The number of nitrogens with two attached hydrogens (primary N) is 1. The van der Waals surface area contributed by atoms with Gasteiger partial charge in [0, 0.05) is 6.54 Å². The first kappa shape index (κ1) is 26.5. The maximum absolute atomic E-state index is 11.5. The smallest absolute Gasteiger partial charge is 0.413 e. The van der Waals surface area contributed by atoms with Gasteiger partial charge in [-0.15, -0.1) is 0 Å². The van der Waals surface area contributed by atoms with Crippen molar-refractivity contribution in [3.05, 3.63) is 36.4 Å². The van der Waals surface area contributed by atoms with Crippen molar-refractivity contribution in [3.63, 3.8) is 0 Å². The highest BCUT2D eigenvalue weighted by Gasteiger charge is 2.17. The van der Waals surface area contributed by atoms with Crippen LogP contribution >= 0.6 is 0 Å². The fraction of sp³-hybridized carbons (Fsp3) is 0.455. The third kappa shape index (κ3) is 12.2. The van der Waals surface area contributed by atoms with Gasteiger partial charge in [0.05, 0.1) is 0 Å². The molecular formula is C22H34N6O4. The molecule has 0 fully saturated rings. The number of rotatable bonds is 4. The van der Waals surface area contributed by atoms with Crippen molar-refractivity contribution in [2.75, 3.05) is 28.2 Å². The summed E-state index contributed by atoms with van der Waals surface area (Å²) in [6, 6.07) is 10.3. The van der Waals surface area contributed by atoms with Crippen LogP contribution in [-0.4, -0.2) is 39.9 Å². The normalized spacial score (nSPS) is 10.8. The number of hydrogen-bond donors (Lipinski definition) is 4. The van der Waals surface area contributed by atoms with Crippen molar-refractivity contribution < 1.29 is 19.1 Å². The van der Waals surface area contributed by atoms with Crippen molar-refractivity contribution in [1.82, 2.24) is 9.97 Å². The molecule has 0 spiro atoms. The lowest BCUT2D eigenvalue weighted by Gasteiger charge is -2.19. The summed E-state index contributed by atoms with van der Waals surface area (Å²) in [5.41, 5.74) is 4.42. The van der Waals surface area contributed by atoms with E-state index in [1.807, 2.05) is 39.8 Å². The van der Waals surface area contributed by atoms with E-state index < -0.39 is 23.4 Å². The Bertz CT molecular complexity index is 890.